The first kappa shape index (κ1) is 13.6. The number of aryl methyl sites for hydroxylation is 1. The van der Waals surface area contributed by atoms with Gasteiger partial charge in [0.25, 0.3) is 0 Å². The van der Waals surface area contributed by atoms with Crippen LogP contribution in [0.4, 0.5) is 11.4 Å². The lowest BCUT2D eigenvalue weighted by Crippen LogP contribution is -2.19. The van der Waals surface area contributed by atoms with E-state index in [1.54, 1.807) is 6.92 Å². The van der Waals surface area contributed by atoms with Crippen molar-refractivity contribution in [1.82, 2.24) is 10.1 Å². The third-order valence-corrected chi connectivity index (χ3v) is 3.49. The molecule has 0 saturated carbocycles. The first-order chi connectivity index (χ1) is 10.2. The molecule has 3 rings (SSSR count). The van der Waals surface area contributed by atoms with Crippen LogP contribution in [0.15, 0.2) is 28.8 Å². The topological polar surface area (TPSA) is 71.3 Å². The van der Waals surface area contributed by atoms with Gasteiger partial charge in [0.2, 0.25) is 11.8 Å². The number of anilines is 2. The molecule has 2 aromatic rings. The molecule has 6 heteroatoms. The molecule has 1 aliphatic rings. The normalized spacial score (nSPS) is 14.4. The lowest BCUT2D eigenvalue weighted by molar-refractivity contribution is -0.115. The Hall–Kier alpha value is -2.37. The van der Waals surface area contributed by atoms with E-state index in [-0.39, 0.29) is 12.3 Å². The number of carbonyl (C=O) groups excluding carboxylic acids is 1. The van der Waals surface area contributed by atoms with Crippen molar-refractivity contribution in [3.63, 3.8) is 0 Å². The summed E-state index contributed by atoms with van der Waals surface area (Å²) >= 11 is 0. The van der Waals surface area contributed by atoms with Crippen molar-refractivity contribution in [1.29, 1.82) is 0 Å². The molecule has 0 bridgehead atoms. The number of nitrogens with one attached hydrogen (secondary N) is 1. The third kappa shape index (κ3) is 3.39. The molecule has 1 aromatic carbocycles. The number of hydrogen-bond acceptors (Lipinski definition) is 5. The number of nitrogens with zero attached hydrogens (tertiary/aromatic N) is 3. The van der Waals surface area contributed by atoms with Gasteiger partial charge < -0.3 is 14.7 Å². The van der Waals surface area contributed by atoms with Gasteiger partial charge in [0.1, 0.15) is 0 Å². The van der Waals surface area contributed by atoms with Crippen LogP contribution in [-0.4, -0.2) is 29.1 Å². The van der Waals surface area contributed by atoms with Crippen LogP contribution in [0, 0.1) is 6.92 Å². The number of carbonyl (C=O) groups is 1. The number of hydrogen-bond donors (Lipinski definition) is 1. The fraction of sp³-hybridized carbons (Fsp3) is 0.400. The average molecular weight is 286 g/mol. The van der Waals surface area contributed by atoms with Gasteiger partial charge in [-0.3, -0.25) is 4.79 Å². The number of amides is 1. The summed E-state index contributed by atoms with van der Waals surface area (Å²) in [6, 6.07) is 7.93. The van der Waals surface area contributed by atoms with Gasteiger partial charge in [0.05, 0.1) is 6.42 Å². The average Bonchev–Trinajstić information content (AvgIpc) is 3.11. The summed E-state index contributed by atoms with van der Waals surface area (Å²) < 4.78 is 4.85. The molecule has 2 heterocycles. The Morgan fingerprint density at radius 2 is 2.19 bits per heavy atom. The predicted molar refractivity (Wildman–Crippen MR) is 79.3 cm³/mol. The molecular weight excluding hydrogens is 268 g/mol. The zero-order chi connectivity index (χ0) is 14.7. The molecule has 6 nitrogen and oxygen atoms in total. The summed E-state index contributed by atoms with van der Waals surface area (Å²) in [5.74, 6) is 0.726. The van der Waals surface area contributed by atoms with E-state index in [1.165, 1.54) is 12.8 Å². The van der Waals surface area contributed by atoms with E-state index in [1.807, 2.05) is 18.2 Å². The highest BCUT2D eigenvalue weighted by molar-refractivity contribution is 5.92. The van der Waals surface area contributed by atoms with Gasteiger partial charge in [-0.2, -0.15) is 4.98 Å². The van der Waals surface area contributed by atoms with Gasteiger partial charge in [-0.05, 0) is 31.0 Å². The molecule has 110 valence electrons. The van der Waals surface area contributed by atoms with Crippen molar-refractivity contribution >= 4 is 17.3 Å². The van der Waals surface area contributed by atoms with Gasteiger partial charge in [-0.15, -0.1) is 0 Å². The summed E-state index contributed by atoms with van der Waals surface area (Å²) in [6.07, 6.45) is 2.58. The molecule has 1 fully saturated rings. The van der Waals surface area contributed by atoms with Gasteiger partial charge >= 0.3 is 0 Å². The minimum atomic E-state index is -0.144. The van der Waals surface area contributed by atoms with Crippen LogP contribution in [0.25, 0.3) is 0 Å². The quantitative estimate of drug-likeness (QED) is 0.932. The monoisotopic (exact) mass is 286 g/mol. The van der Waals surface area contributed by atoms with Gasteiger partial charge in [-0.25, -0.2) is 0 Å². The summed E-state index contributed by atoms with van der Waals surface area (Å²) in [7, 11) is 0. The van der Waals surface area contributed by atoms with E-state index < -0.39 is 0 Å². The van der Waals surface area contributed by atoms with E-state index in [9.17, 15) is 4.79 Å². The van der Waals surface area contributed by atoms with E-state index in [0.29, 0.717) is 11.7 Å². The molecule has 0 aliphatic carbocycles. The zero-order valence-electron chi connectivity index (χ0n) is 12.0. The molecule has 0 unspecified atom stereocenters. The number of rotatable bonds is 4. The summed E-state index contributed by atoms with van der Waals surface area (Å²) in [6.45, 7) is 3.87. The standard InChI is InChI=1S/C15H18N4O2/c1-11-16-14(18-21-11)10-15(20)17-12-5-4-6-13(9-12)19-7-2-3-8-19/h4-6,9H,2-3,7-8,10H2,1H3,(H,17,20). The Kier molecular flexibility index (Phi) is 3.85. The molecule has 21 heavy (non-hydrogen) atoms. The third-order valence-electron chi connectivity index (χ3n) is 3.49. The van der Waals surface area contributed by atoms with Gasteiger partial charge in [0.15, 0.2) is 5.82 Å². The molecule has 1 saturated heterocycles. The molecule has 1 N–H and O–H groups in total. The molecule has 0 radical (unpaired) electrons. The van der Waals surface area contributed by atoms with Crippen molar-refractivity contribution in [2.75, 3.05) is 23.3 Å². The largest absolute Gasteiger partial charge is 0.371 e. The number of aromatic nitrogens is 2. The van der Waals surface area contributed by atoms with Crippen molar-refractivity contribution in [3.8, 4) is 0 Å². The minimum Gasteiger partial charge on any atom is -0.371 e. The van der Waals surface area contributed by atoms with Crippen molar-refractivity contribution in [3.05, 3.63) is 36.0 Å². The SMILES string of the molecule is Cc1nc(CC(=O)Nc2cccc(N3CCCC3)c2)no1. The van der Waals surface area contributed by atoms with E-state index in [2.05, 4.69) is 26.4 Å². The first-order valence-electron chi connectivity index (χ1n) is 7.15. The molecule has 1 aliphatic heterocycles. The Morgan fingerprint density at radius 1 is 1.38 bits per heavy atom. The zero-order valence-corrected chi connectivity index (χ0v) is 12.0. The fourth-order valence-electron chi connectivity index (χ4n) is 2.52. The maximum atomic E-state index is 12.0. The van der Waals surface area contributed by atoms with E-state index in [0.717, 1.165) is 24.5 Å². The molecule has 1 aromatic heterocycles. The smallest absolute Gasteiger partial charge is 0.232 e. The second-order valence-electron chi connectivity index (χ2n) is 5.20. The van der Waals surface area contributed by atoms with Crippen LogP contribution in [-0.2, 0) is 11.2 Å². The maximum Gasteiger partial charge on any atom is 0.232 e. The summed E-state index contributed by atoms with van der Waals surface area (Å²) in [5, 5.41) is 6.60. The lowest BCUT2D eigenvalue weighted by atomic mass is 10.2. The second kappa shape index (κ2) is 5.95. The Balaban J connectivity index is 1.64. The van der Waals surface area contributed by atoms with E-state index >= 15 is 0 Å². The predicted octanol–water partition coefficient (Wildman–Crippen LogP) is 2.16. The Bertz CT molecular complexity index is 632. The van der Waals surface area contributed by atoms with Crippen molar-refractivity contribution in [2.24, 2.45) is 0 Å². The van der Waals surface area contributed by atoms with Crippen molar-refractivity contribution in [2.45, 2.75) is 26.2 Å². The Labute approximate surface area is 123 Å². The highest BCUT2D eigenvalue weighted by Crippen LogP contribution is 2.23. The second-order valence-corrected chi connectivity index (χ2v) is 5.20. The van der Waals surface area contributed by atoms with Crippen LogP contribution in [0.2, 0.25) is 0 Å². The van der Waals surface area contributed by atoms with Crippen LogP contribution in [0.1, 0.15) is 24.6 Å². The van der Waals surface area contributed by atoms with Gasteiger partial charge in [0, 0.05) is 31.4 Å². The van der Waals surface area contributed by atoms with Crippen LogP contribution >= 0.6 is 0 Å². The van der Waals surface area contributed by atoms with E-state index in [4.69, 9.17) is 4.52 Å². The number of benzene rings is 1. The highest BCUT2D eigenvalue weighted by atomic mass is 16.5. The lowest BCUT2D eigenvalue weighted by Gasteiger charge is -2.18. The summed E-state index contributed by atoms with van der Waals surface area (Å²) in [4.78, 5) is 18.3. The Morgan fingerprint density at radius 3 is 2.90 bits per heavy atom. The minimum absolute atomic E-state index is 0.116. The summed E-state index contributed by atoms with van der Waals surface area (Å²) in [5.41, 5.74) is 1.95. The first-order valence-corrected chi connectivity index (χ1v) is 7.15. The maximum absolute atomic E-state index is 12.0. The molecule has 1 amide bonds. The molecule has 0 spiro atoms. The van der Waals surface area contributed by atoms with Crippen LogP contribution in [0.3, 0.4) is 0 Å². The fourth-order valence-corrected chi connectivity index (χ4v) is 2.52. The molecular formula is C15H18N4O2. The van der Waals surface area contributed by atoms with Crippen molar-refractivity contribution < 1.29 is 9.32 Å². The van der Waals surface area contributed by atoms with Crippen LogP contribution < -0.4 is 10.2 Å². The highest BCUT2D eigenvalue weighted by Gasteiger charge is 2.13. The van der Waals surface area contributed by atoms with Crippen LogP contribution in [0.5, 0.6) is 0 Å². The van der Waals surface area contributed by atoms with Gasteiger partial charge in [-0.1, -0.05) is 11.2 Å². The molecule has 0 atom stereocenters.